The van der Waals surface area contributed by atoms with Gasteiger partial charge in [-0.15, -0.1) is 11.3 Å². The molecule has 0 N–H and O–H groups in total. The normalized spacial score (nSPS) is 10.8. The second-order valence-corrected chi connectivity index (χ2v) is 7.78. The molecule has 6 nitrogen and oxygen atoms in total. The lowest BCUT2D eigenvalue weighted by Crippen LogP contribution is -2.22. The fraction of sp³-hybridized carbons (Fsp3) is 0.240. The first-order chi connectivity index (χ1) is 15.5. The van der Waals surface area contributed by atoms with Gasteiger partial charge in [-0.2, -0.15) is 0 Å². The zero-order chi connectivity index (χ0) is 22.9. The zero-order valence-electron chi connectivity index (χ0n) is 18.4. The van der Waals surface area contributed by atoms with Gasteiger partial charge < -0.3 is 9.47 Å². The molecule has 0 spiro atoms. The number of hydrogen-bond donors (Lipinski definition) is 0. The van der Waals surface area contributed by atoms with Crippen molar-refractivity contribution in [3.8, 4) is 5.75 Å². The number of ether oxygens (including phenoxy) is 2. The molecule has 1 aromatic heterocycles. The van der Waals surface area contributed by atoms with E-state index in [1.54, 1.807) is 16.4 Å². The number of carbonyl (C=O) groups is 2. The van der Waals surface area contributed by atoms with Crippen molar-refractivity contribution >= 4 is 40.1 Å². The maximum Gasteiger partial charge on any atom is 0.331 e. The molecule has 3 aromatic rings. The molecule has 0 atom stereocenters. The highest BCUT2D eigenvalue weighted by Gasteiger charge is 2.18. The van der Waals surface area contributed by atoms with Gasteiger partial charge in [0.25, 0.3) is 0 Å². The van der Waals surface area contributed by atoms with Crippen LogP contribution in [0, 0.1) is 0 Å². The van der Waals surface area contributed by atoms with Gasteiger partial charge in [-0.05, 0) is 54.8 Å². The van der Waals surface area contributed by atoms with Crippen molar-refractivity contribution in [2.75, 3.05) is 11.5 Å². The van der Waals surface area contributed by atoms with E-state index in [0.29, 0.717) is 17.4 Å². The molecule has 32 heavy (non-hydrogen) atoms. The average molecular weight is 451 g/mol. The van der Waals surface area contributed by atoms with Crippen molar-refractivity contribution in [3.63, 3.8) is 0 Å². The molecular weight excluding hydrogens is 424 g/mol. The summed E-state index contributed by atoms with van der Waals surface area (Å²) < 4.78 is 10.7. The van der Waals surface area contributed by atoms with Crippen LogP contribution in [0.25, 0.3) is 6.08 Å². The van der Waals surface area contributed by atoms with Gasteiger partial charge in [0.15, 0.2) is 5.13 Å². The largest absolute Gasteiger partial charge is 0.494 e. The summed E-state index contributed by atoms with van der Waals surface area (Å²) in [6.07, 6.45) is 3.99. The minimum absolute atomic E-state index is 0.0312. The average Bonchev–Trinajstić information content (AvgIpc) is 3.26. The van der Waals surface area contributed by atoms with Crippen LogP contribution in [0.15, 0.2) is 60.0 Å². The molecule has 0 bridgehead atoms. The van der Waals surface area contributed by atoms with Crippen molar-refractivity contribution in [2.24, 2.45) is 0 Å². The molecule has 1 heterocycles. The summed E-state index contributed by atoms with van der Waals surface area (Å²) in [5.74, 6) is 0.185. The maximum absolute atomic E-state index is 12.2. The standard InChI is InChI=1S/C25H26N2O4S/c1-4-19-6-11-22(12-7-19)27(18(3)28)25-26-21(17-32-25)16-31-24(29)15-10-20-8-13-23(14-9-20)30-5-2/h6-15,17H,4-5,16H2,1-3H3/b15-10+. The summed E-state index contributed by atoms with van der Waals surface area (Å²) in [6.45, 7) is 6.15. The Morgan fingerprint density at radius 2 is 1.78 bits per heavy atom. The Labute approximate surface area is 192 Å². The number of anilines is 2. The van der Waals surface area contributed by atoms with Crippen molar-refractivity contribution < 1.29 is 19.1 Å². The van der Waals surface area contributed by atoms with Crippen LogP contribution in [0.5, 0.6) is 5.75 Å². The molecule has 1 amide bonds. The Bertz CT molecular complexity index is 1070. The molecule has 3 rings (SSSR count). The molecule has 7 heteroatoms. The summed E-state index contributed by atoms with van der Waals surface area (Å²) in [7, 11) is 0. The van der Waals surface area contributed by atoms with Gasteiger partial charge in [-0.1, -0.05) is 31.2 Å². The molecular formula is C25H26N2O4S. The number of carbonyl (C=O) groups excluding carboxylic acids is 2. The van der Waals surface area contributed by atoms with Crippen LogP contribution in [-0.2, 0) is 27.4 Å². The van der Waals surface area contributed by atoms with Crippen LogP contribution < -0.4 is 9.64 Å². The third-order valence-corrected chi connectivity index (χ3v) is 5.49. The van der Waals surface area contributed by atoms with Gasteiger partial charge in [0.1, 0.15) is 12.4 Å². The van der Waals surface area contributed by atoms with E-state index in [1.807, 2.05) is 55.5 Å². The maximum atomic E-state index is 12.2. The van der Waals surface area contributed by atoms with Gasteiger partial charge in [0.2, 0.25) is 5.91 Å². The Balaban J connectivity index is 1.59. The first kappa shape index (κ1) is 23.2. The number of hydrogen-bond acceptors (Lipinski definition) is 6. The van der Waals surface area contributed by atoms with E-state index in [0.717, 1.165) is 23.4 Å². The first-order valence-electron chi connectivity index (χ1n) is 10.4. The van der Waals surface area contributed by atoms with E-state index >= 15 is 0 Å². The molecule has 166 valence electrons. The predicted molar refractivity (Wildman–Crippen MR) is 127 cm³/mol. The lowest BCUT2D eigenvalue weighted by Gasteiger charge is -2.18. The number of benzene rings is 2. The van der Waals surface area contributed by atoms with Gasteiger partial charge in [-0.3, -0.25) is 9.69 Å². The van der Waals surface area contributed by atoms with E-state index in [9.17, 15) is 9.59 Å². The molecule has 2 aromatic carbocycles. The minimum Gasteiger partial charge on any atom is -0.494 e. The summed E-state index contributed by atoms with van der Waals surface area (Å²) in [5.41, 5.74) is 3.41. The van der Waals surface area contributed by atoms with Crippen molar-refractivity contribution in [1.82, 2.24) is 4.98 Å². The van der Waals surface area contributed by atoms with Gasteiger partial charge in [-0.25, -0.2) is 9.78 Å². The van der Waals surface area contributed by atoms with Crippen LogP contribution >= 0.6 is 11.3 Å². The summed E-state index contributed by atoms with van der Waals surface area (Å²) in [6, 6.07) is 15.2. The Morgan fingerprint density at radius 3 is 2.41 bits per heavy atom. The fourth-order valence-electron chi connectivity index (χ4n) is 2.97. The van der Waals surface area contributed by atoms with E-state index < -0.39 is 5.97 Å². The van der Waals surface area contributed by atoms with Gasteiger partial charge in [0.05, 0.1) is 18.0 Å². The highest BCUT2D eigenvalue weighted by molar-refractivity contribution is 7.14. The zero-order valence-corrected chi connectivity index (χ0v) is 19.2. The van der Waals surface area contributed by atoms with E-state index in [1.165, 1.54) is 29.9 Å². The molecule has 0 saturated heterocycles. The third kappa shape index (κ3) is 6.28. The van der Waals surface area contributed by atoms with E-state index in [2.05, 4.69) is 11.9 Å². The molecule has 0 unspecified atom stereocenters. The Hall–Kier alpha value is -3.45. The number of nitrogens with zero attached hydrogens (tertiary/aromatic N) is 2. The number of esters is 1. The number of aromatic nitrogens is 1. The Morgan fingerprint density at radius 1 is 1.06 bits per heavy atom. The van der Waals surface area contributed by atoms with Crippen LogP contribution in [-0.4, -0.2) is 23.5 Å². The van der Waals surface area contributed by atoms with E-state index in [4.69, 9.17) is 9.47 Å². The topological polar surface area (TPSA) is 68.7 Å². The molecule has 0 fully saturated rings. The molecule has 0 aliphatic rings. The summed E-state index contributed by atoms with van der Waals surface area (Å²) >= 11 is 1.33. The lowest BCUT2D eigenvalue weighted by molar-refractivity contribution is -0.139. The molecule has 0 aliphatic carbocycles. The summed E-state index contributed by atoms with van der Waals surface area (Å²) in [5, 5.41) is 2.33. The molecule has 0 aliphatic heterocycles. The minimum atomic E-state index is -0.466. The number of amides is 1. The highest BCUT2D eigenvalue weighted by Crippen LogP contribution is 2.29. The second-order valence-electron chi connectivity index (χ2n) is 6.94. The second kappa shape index (κ2) is 11.2. The predicted octanol–water partition coefficient (Wildman–Crippen LogP) is 5.55. The van der Waals surface area contributed by atoms with Gasteiger partial charge in [0, 0.05) is 18.4 Å². The number of rotatable bonds is 9. The van der Waals surface area contributed by atoms with Gasteiger partial charge >= 0.3 is 5.97 Å². The Kier molecular flexibility index (Phi) is 8.16. The molecule has 0 saturated carbocycles. The first-order valence-corrected chi connectivity index (χ1v) is 11.3. The van der Waals surface area contributed by atoms with Crippen LogP contribution in [0.1, 0.15) is 37.6 Å². The smallest absolute Gasteiger partial charge is 0.331 e. The SMILES string of the molecule is CCOc1ccc(/C=C/C(=O)OCc2csc(N(C(C)=O)c3ccc(CC)cc3)n2)cc1. The quantitative estimate of drug-likeness (QED) is 0.316. The number of aryl methyl sites for hydroxylation is 1. The van der Waals surface area contributed by atoms with Crippen LogP contribution in [0.4, 0.5) is 10.8 Å². The van der Waals surface area contributed by atoms with Crippen molar-refractivity contribution in [2.45, 2.75) is 33.8 Å². The summed E-state index contributed by atoms with van der Waals surface area (Å²) in [4.78, 5) is 30.3. The van der Waals surface area contributed by atoms with Crippen LogP contribution in [0.2, 0.25) is 0 Å². The third-order valence-electron chi connectivity index (χ3n) is 4.61. The number of thiazole rings is 1. The lowest BCUT2D eigenvalue weighted by atomic mass is 10.1. The monoisotopic (exact) mass is 450 g/mol. The van der Waals surface area contributed by atoms with Crippen molar-refractivity contribution in [1.29, 1.82) is 0 Å². The van der Waals surface area contributed by atoms with Crippen molar-refractivity contribution in [3.05, 3.63) is 76.8 Å². The van der Waals surface area contributed by atoms with E-state index in [-0.39, 0.29) is 12.5 Å². The fourth-order valence-corrected chi connectivity index (χ4v) is 3.84. The molecule has 0 radical (unpaired) electrons. The highest BCUT2D eigenvalue weighted by atomic mass is 32.1. The van der Waals surface area contributed by atoms with Crippen LogP contribution in [0.3, 0.4) is 0 Å².